The highest BCUT2D eigenvalue weighted by Gasteiger charge is 2.29. The van der Waals surface area contributed by atoms with Crippen molar-refractivity contribution in [3.8, 4) is 5.75 Å². The Hall–Kier alpha value is -3.32. The Morgan fingerprint density at radius 1 is 0.935 bits per heavy atom. The van der Waals surface area contributed by atoms with Crippen molar-refractivity contribution in [2.45, 2.75) is 24.3 Å². The Morgan fingerprint density at radius 3 is 2.13 bits per heavy atom. The summed E-state index contributed by atoms with van der Waals surface area (Å²) in [7, 11) is -2.53. The van der Waals surface area contributed by atoms with Crippen LogP contribution in [-0.2, 0) is 14.8 Å². The van der Waals surface area contributed by atoms with Crippen LogP contribution in [0, 0.1) is 0 Å². The lowest BCUT2D eigenvalue weighted by atomic mass is 10.0. The lowest BCUT2D eigenvalue weighted by Crippen LogP contribution is -2.42. The fourth-order valence-corrected chi connectivity index (χ4v) is 4.78. The van der Waals surface area contributed by atoms with Crippen molar-refractivity contribution in [1.29, 1.82) is 0 Å². The lowest BCUT2D eigenvalue weighted by Gasteiger charge is -2.26. The normalized spacial score (nSPS) is 12.1. The average Bonchev–Trinajstić information content (AvgIpc) is 2.82. The number of anilines is 1. The highest BCUT2D eigenvalue weighted by Crippen LogP contribution is 2.32. The molecule has 0 unspecified atom stereocenters. The lowest BCUT2D eigenvalue weighted by molar-refractivity contribution is -0.120. The van der Waals surface area contributed by atoms with Gasteiger partial charge in [-0.1, -0.05) is 67.6 Å². The van der Waals surface area contributed by atoms with E-state index in [4.69, 9.17) is 4.74 Å². The first-order valence-electron chi connectivity index (χ1n) is 10.0. The number of nitrogens with one attached hydrogen (secondary N) is 1. The van der Waals surface area contributed by atoms with E-state index in [-0.39, 0.29) is 17.5 Å². The average molecular weight is 439 g/mol. The molecule has 0 aromatic heterocycles. The van der Waals surface area contributed by atoms with Crippen molar-refractivity contribution in [3.05, 3.63) is 90.5 Å². The van der Waals surface area contributed by atoms with Crippen LogP contribution in [0.2, 0.25) is 0 Å². The van der Waals surface area contributed by atoms with Crippen LogP contribution in [0.5, 0.6) is 5.75 Å². The molecular weight excluding hydrogens is 412 g/mol. The molecule has 0 heterocycles. The quantitative estimate of drug-likeness (QED) is 0.544. The number of hydrogen-bond acceptors (Lipinski definition) is 4. The second kappa shape index (κ2) is 10.1. The Kier molecular flexibility index (Phi) is 7.31. The van der Waals surface area contributed by atoms with Crippen LogP contribution in [0.1, 0.15) is 24.9 Å². The van der Waals surface area contributed by atoms with Gasteiger partial charge in [0.15, 0.2) is 0 Å². The molecule has 31 heavy (non-hydrogen) atoms. The van der Waals surface area contributed by atoms with E-state index in [9.17, 15) is 13.2 Å². The maximum absolute atomic E-state index is 13.5. The summed E-state index contributed by atoms with van der Waals surface area (Å²) in [6, 6.07) is 24.2. The molecule has 0 fully saturated rings. The molecule has 3 aromatic rings. The summed E-state index contributed by atoms with van der Waals surface area (Å²) in [6.07, 6.45) is 0.676. The maximum Gasteiger partial charge on any atom is 0.264 e. The number of sulfonamides is 1. The number of amides is 1. The first-order chi connectivity index (χ1) is 15.0. The molecule has 3 rings (SSSR count). The van der Waals surface area contributed by atoms with Crippen molar-refractivity contribution < 1.29 is 17.9 Å². The Morgan fingerprint density at radius 2 is 1.52 bits per heavy atom. The van der Waals surface area contributed by atoms with Crippen LogP contribution in [0.25, 0.3) is 0 Å². The number of carbonyl (C=O) groups is 1. The number of ether oxygens (including phenoxy) is 1. The SMILES string of the molecule is CC[C@@H](NC(=O)CN(c1ccccc1OC)S(=O)(=O)c1ccccc1)c1ccccc1. The van der Waals surface area contributed by atoms with E-state index in [0.717, 1.165) is 9.87 Å². The summed E-state index contributed by atoms with van der Waals surface area (Å²) in [5.41, 5.74) is 1.27. The fraction of sp³-hybridized carbons (Fsp3) is 0.208. The van der Waals surface area contributed by atoms with E-state index in [1.807, 2.05) is 37.3 Å². The fourth-order valence-electron chi connectivity index (χ4n) is 3.33. The van der Waals surface area contributed by atoms with Gasteiger partial charge in [-0.05, 0) is 36.2 Å². The summed E-state index contributed by atoms with van der Waals surface area (Å²) in [5, 5.41) is 2.96. The minimum atomic E-state index is -4.00. The molecule has 0 saturated carbocycles. The molecule has 0 aliphatic heterocycles. The Labute approximate surface area is 183 Å². The van der Waals surface area contributed by atoms with Gasteiger partial charge in [0, 0.05) is 0 Å². The first kappa shape index (κ1) is 22.4. The van der Waals surface area contributed by atoms with Crippen molar-refractivity contribution in [2.75, 3.05) is 18.0 Å². The molecule has 0 bridgehead atoms. The van der Waals surface area contributed by atoms with E-state index in [2.05, 4.69) is 5.32 Å². The number of methoxy groups -OCH3 is 1. The summed E-state index contributed by atoms with van der Waals surface area (Å²) in [4.78, 5) is 13.1. The number of nitrogens with zero attached hydrogens (tertiary/aromatic N) is 1. The smallest absolute Gasteiger partial charge is 0.264 e. The monoisotopic (exact) mass is 438 g/mol. The van der Waals surface area contributed by atoms with Gasteiger partial charge in [-0.3, -0.25) is 9.10 Å². The molecule has 0 aliphatic rings. The Bertz CT molecular complexity index is 1100. The van der Waals surface area contributed by atoms with Crippen molar-refractivity contribution in [2.24, 2.45) is 0 Å². The molecule has 162 valence electrons. The molecule has 0 spiro atoms. The van der Waals surface area contributed by atoms with Gasteiger partial charge < -0.3 is 10.1 Å². The zero-order chi connectivity index (χ0) is 22.3. The molecule has 1 atom stereocenters. The van der Waals surface area contributed by atoms with Gasteiger partial charge in [0.2, 0.25) is 5.91 Å². The van der Waals surface area contributed by atoms with Gasteiger partial charge in [-0.25, -0.2) is 8.42 Å². The van der Waals surface area contributed by atoms with E-state index in [1.165, 1.54) is 19.2 Å². The van der Waals surface area contributed by atoms with E-state index >= 15 is 0 Å². The zero-order valence-corrected chi connectivity index (χ0v) is 18.4. The highest BCUT2D eigenvalue weighted by atomic mass is 32.2. The molecule has 0 saturated heterocycles. The van der Waals surface area contributed by atoms with Crippen LogP contribution in [0.4, 0.5) is 5.69 Å². The van der Waals surface area contributed by atoms with Crippen molar-refractivity contribution >= 4 is 21.6 Å². The van der Waals surface area contributed by atoms with Gasteiger partial charge in [-0.15, -0.1) is 0 Å². The number of rotatable bonds is 9. The standard InChI is InChI=1S/C24H26N2O4S/c1-3-21(19-12-6-4-7-13-19)25-24(27)18-26(22-16-10-11-17-23(22)30-2)31(28,29)20-14-8-5-9-15-20/h4-17,21H,3,18H2,1-2H3,(H,25,27)/t21-/m1/s1. The summed E-state index contributed by atoms with van der Waals surface area (Å²) >= 11 is 0. The third-order valence-corrected chi connectivity index (χ3v) is 6.69. The first-order valence-corrected chi connectivity index (χ1v) is 11.5. The topological polar surface area (TPSA) is 75.7 Å². The van der Waals surface area contributed by atoms with Crippen LogP contribution in [0.3, 0.4) is 0 Å². The van der Waals surface area contributed by atoms with Crippen LogP contribution in [-0.4, -0.2) is 28.0 Å². The molecule has 1 amide bonds. The third kappa shape index (κ3) is 5.24. The maximum atomic E-state index is 13.5. The predicted octanol–water partition coefficient (Wildman–Crippen LogP) is 4.16. The molecule has 0 aliphatic carbocycles. The molecule has 3 aromatic carbocycles. The number of benzene rings is 3. The van der Waals surface area contributed by atoms with E-state index in [1.54, 1.807) is 42.5 Å². The van der Waals surface area contributed by atoms with Crippen LogP contribution < -0.4 is 14.4 Å². The third-order valence-electron chi connectivity index (χ3n) is 4.92. The minimum absolute atomic E-state index is 0.101. The van der Waals surface area contributed by atoms with E-state index in [0.29, 0.717) is 17.9 Å². The van der Waals surface area contributed by atoms with Gasteiger partial charge in [0.25, 0.3) is 10.0 Å². The van der Waals surface area contributed by atoms with Crippen molar-refractivity contribution in [1.82, 2.24) is 5.32 Å². The number of carbonyl (C=O) groups excluding carboxylic acids is 1. The molecule has 6 nitrogen and oxygen atoms in total. The van der Waals surface area contributed by atoms with E-state index < -0.39 is 15.9 Å². The second-order valence-corrected chi connectivity index (χ2v) is 8.80. The molecule has 7 heteroatoms. The second-order valence-electron chi connectivity index (χ2n) is 6.94. The van der Waals surface area contributed by atoms with Crippen LogP contribution >= 0.6 is 0 Å². The molecule has 0 radical (unpaired) electrons. The van der Waals surface area contributed by atoms with Gasteiger partial charge in [0.05, 0.1) is 23.7 Å². The molecular formula is C24H26N2O4S. The highest BCUT2D eigenvalue weighted by molar-refractivity contribution is 7.92. The van der Waals surface area contributed by atoms with Gasteiger partial charge in [0.1, 0.15) is 12.3 Å². The molecule has 1 N–H and O–H groups in total. The zero-order valence-electron chi connectivity index (χ0n) is 17.6. The minimum Gasteiger partial charge on any atom is -0.495 e. The Balaban J connectivity index is 1.94. The largest absolute Gasteiger partial charge is 0.495 e. The number of para-hydroxylation sites is 2. The summed E-state index contributed by atoms with van der Waals surface area (Å²) in [6.45, 7) is 1.59. The summed E-state index contributed by atoms with van der Waals surface area (Å²) in [5.74, 6) is -0.0361. The van der Waals surface area contributed by atoms with Crippen molar-refractivity contribution in [3.63, 3.8) is 0 Å². The van der Waals surface area contributed by atoms with Gasteiger partial charge in [-0.2, -0.15) is 0 Å². The summed E-state index contributed by atoms with van der Waals surface area (Å²) < 4.78 is 33.4. The number of hydrogen-bond donors (Lipinski definition) is 1. The van der Waals surface area contributed by atoms with Gasteiger partial charge >= 0.3 is 0 Å². The van der Waals surface area contributed by atoms with Crippen LogP contribution in [0.15, 0.2) is 89.8 Å². The predicted molar refractivity (Wildman–Crippen MR) is 122 cm³/mol.